The Labute approximate surface area is 193 Å². The number of rotatable bonds is 7. The molecule has 7 nitrogen and oxygen atoms in total. The lowest BCUT2D eigenvalue weighted by Crippen LogP contribution is -2.20. The van der Waals surface area contributed by atoms with Gasteiger partial charge in [-0.25, -0.2) is 10.4 Å². The summed E-state index contributed by atoms with van der Waals surface area (Å²) in [4.78, 5) is 17.1. The first-order chi connectivity index (χ1) is 15.6. The van der Waals surface area contributed by atoms with Crippen LogP contribution in [0.1, 0.15) is 27.3 Å². The molecular weight excluding hydrogens is 472 g/mol. The van der Waals surface area contributed by atoms with Gasteiger partial charge in [0.05, 0.1) is 23.5 Å². The number of aryl methyl sites for hydroxylation is 1. The molecule has 1 amide bonds. The zero-order valence-electron chi connectivity index (χ0n) is 17.6. The molecule has 2 heterocycles. The standard InChI is InChI=1S/C24H21BrN4O3/c1-16-22(29-11-7-6-10-21(29)27-16)24(30)28-26-14-18-12-19(25)23(20(13-18)31-2)32-15-17-8-4-3-5-9-17/h3-14H,15H2,1-2H3,(H,28,30)/b26-14+. The number of hydrogen-bond acceptors (Lipinski definition) is 5. The Hall–Kier alpha value is -3.65. The second kappa shape index (κ2) is 9.65. The number of nitrogens with zero attached hydrogens (tertiary/aromatic N) is 3. The molecule has 0 aliphatic rings. The first kappa shape index (κ1) is 21.6. The van der Waals surface area contributed by atoms with Crippen LogP contribution in [0.4, 0.5) is 0 Å². The molecule has 0 spiro atoms. The summed E-state index contributed by atoms with van der Waals surface area (Å²) in [5.41, 5.74) is 6.14. The summed E-state index contributed by atoms with van der Waals surface area (Å²) in [5, 5.41) is 4.10. The number of fused-ring (bicyclic) bond motifs is 1. The maximum Gasteiger partial charge on any atom is 0.290 e. The molecule has 0 saturated carbocycles. The fourth-order valence-electron chi connectivity index (χ4n) is 3.29. The van der Waals surface area contributed by atoms with Crippen LogP contribution in [0.15, 0.2) is 76.4 Å². The Morgan fingerprint density at radius 3 is 2.75 bits per heavy atom. The van der Waals surface area contributed by atoms with Gasteiger partial charge in [-0.2, -0.15) is 5.10 Å². The van der Waals surface area contributed by atoms with E-state index in [4.69, 9.17) is 9.47 Å². The van der Waals surface area contributed by atoms with Gasteiger partial charge in [-0.3, -0.25) is 9.20 Å². The lowest BCUT2D eigenvalue weighted by Gasteiger charge is -2.13. The molecular formula is C24H21BrN4O3. The van der Waals surface area contributed by atoms with Gasteiger partial charge in [0, 0.05) is 6.20 Å². The van der Waals surface area contributed by atoms with E-state index < -0.39 is 0 Å². The van der Waals surface area contributed by atoms with Gasteiger partial charge < -0.3 is 9.47 Å². The summed E-state index contributed by atoms with van der Waals surface area (Å²) in [6, 6.07) is 19.1. The highest BCUT2D eigenvalue weighted by atomic mass is 79.9. The molecule has 4 aromatic rings. The molecule has 0 radical (unpaired) electrons. The normalized spacial score (nSPS) is 11.1. The molecule has 8 heteroatoms. The quantitative estimate of drug-likeness (QED) is 0.298. The van der Waals surface area contributed by atoms with Gasteiger partial charge in [0.1, 0.15) is 17.9 Å². The lowest BCUT2D eigenvalue weighted by atomic mass is 10.2. The zero-order chi connectivity index (χ0) is 22.5. The number of nitrogens with one attached hydrogen (secondary N) is 1. The number of hydrazone groups is 1. The van der Waals surface area contributed by atoms with E-state index in [0.29, 0.717) is 35.1 Å². The molecule has 2 aromatic heterocycles. The van der Waals surface area contributed by atoms with Crippen molar-refractivity contribution in [2.45, 2.75) is 13.5 Å². The topological polar surface area (TPSA) is 77.2 Å². The van der Waals surface area contributed by atoms with Crippen molar-refractivity contribution in [3.63, 3.8) is 0 Å². The number of aromatic nitrogens is 2. The van der Waals surface area contributed by atoms with Crippen LogP contribution in [0, 0.1) is 6.92 Å². The number of amides is 1. The first-order valence-corrected chi connectivity index (χ1v) is 10.7. The van der Waals surface area contributed by atoms with Crippen molar-refractivity contribution in [2.75, 3.05) is 7.11 Å². The van der Waals surface area contributed by atoms with Crippen molar-refractivity contribution < 1.29 is 14.3 Å². The summed E-state index contributed by atoms with van der Waals surface area (Å²) < 4.78 is 13.9. The molecule has 0 aliphatic heterocycles. The number of imidazole rings is 1. The minimum absolute atomic E-state index is 0.341. The highest BCUT2D eigenvalue weighted by Gasteiger charge is 2.16. The Morgan fingerprint density at radius 2 is 1.97 bits per heavy atom. The molecule has 1 N–H and O–H groups in total. The Morgan fingerprint density at radius 1 is 1.19 bits per heavy atom. The van der Waals surface area contributed by atoms with E-state index in [2.05, 4.69) is 31.4 Å². The third-order valence-corrected chi connectivity index (χ3v) is 5.37. The van der Waals surface area contributed by atoms with E-state index in [-0.39, 0.29) is 5.91 Å². The molecule has 0 unspecified atom stereocenters. The van der Waals surface area contributed by atoms with E-state index in [1.54, 1.807) is 36.9 Å². The number of ether oxygens (including phenoxy) is 2. The molecule has 2 aromatic carbocycles. The van der Waals surface area contributed by atoms with Crippen LogP contribution in [-0.2, 0) is 6.61 Å². The number of carbonyl (C=O) groups is 1. The minimum Gasteiger partial charge on any atom is -0.493 e. The van der Waals surface area contributed by atoms with Gasteiger partial charge >= 0.3 is 0 Å². The number of pyridine rings is 1. The molecule has 32 heavy (non-hydrogen) atoms. The molecule has 0 aliphatic carbocycles. The molecule has 162 valence electrons. The van der Waals surface area contributed by atoms with Crippen molar-refractivity contribution in [1.29, 1.82) is 0 Å². The van der Waals surface area contributed by atoms with E-state index >= 15 is 0 Å². The monoisotopic (exact) mass is 492 g/mol. The Kier molecular flexibility index (Phi) is 6.51. The fraction of sp³-hybridized carbons (Fsp3) is 0.125. The summed E-state index contributed by atoms with van der Waals surface area (Å²) in [6.45, 7) is 2.21. The van der Waals surface area contributed by atoms with Gasteiger partial charge in [0.15, 0.2) is 11.5 Å². The average molecular weight is 493 g/mol. The van der Waals surface area contributed by atoms with Gasteiger partial charge in [-0.15, -0.1) is 0 Å². The van der Waals surface area contributed by atoms with Crippen molar-refractivity contribution in [2.24, 2.45) is 5.10 Å². The average Bonchev–Trinajstić information content (AvgIpc) is 3.14. The summed E-state index contributed by atoms with van der Waals surface area (Å²) in [7, 11) is 1.58. The summed E-state index contributed by atoms with van der Waals surface area (Å²) >= 11 is 3.54. The predicted molar refractivity (Wildman–Crippen MR) is 126 cm³/mol. The van der Waals surface area contributed by atoms with E-state index in [1.165, 1.54) is 0 Å². The van der Waals surface area contributed by atoms with Crippen LogP contribution in [0.25, 0.3) is 5.65 Å². The highest BCUT2D eigenvalue weighted by Crippen LogP contribution is 2.36. The van der Waals surface area contributed by atoms with Gasteiger partial charge in [0.25, 0.3) is 5.91 Å². The third-order valence-electron chi connectivity index (χ3n) is 4.78. The van der Waals surface area contributed by atoms with Gasteiger partial charge in [-0.1, -0.05) is 36.4 Å². The SMILES string of the molecule is COc1cc(/C=N/NC(=O)c2c(C)nc3ccccn23)cc(Br)c1OCc1ccccc1. The summed E-state index contributed by atoms with van der Waals surface area (Å²) in [6.07, 6.45) is 3.34. The molecule has 0 saturated heterocycles. The minimum atomic E-state index is -0.341. The van der Waals surface area contributed by atoms with Crippen LogP contribution in [0.3, 0.4) is 0 Å². The van der Waals surface area contributed by atoms with E-state index in [9.17, 15) is 4.79 Å². The van der Waals surface area contributed by atoms with Gasteiger partial charge in [-0.05, 0) is 58.2 Å². The number of benzene rings is 2. The number of halogens is 1. The Balaban J connectivity index is 1.48. The van der Waals surface area contributed by atoms with Crippen molar-refractivity contribution in [3.8, 4) is 11.5 Å². The largest absolute Gasteiger partial charge is 0.493 e. The second-order valence-electron chi connectivity index (χ2n) is 6.98. The number of hydrogen-bond donors (Lipinski definition) is 1. The zero-order valence-corrected chi connectivity index (χ0v) is 19.2. The van der Waals surface area contributed by atoms with Crippen LogP contribution in [-0.4, -0.2) is 28.6 Å². The van der Waals surface area contributed by atoms with Crippen molar-refractivity contribution >= 4 is 33.7 Å². The van der Waals surface area contributed by atoms with E-state index in [1.807, 2.05) is 54.6 Å². The maximum atomic E-state index is 12.7. The first-order valence-electron chi connectivity index (χ1n) is 9.88. The van der Waals surface area contributed by atoms with Crippen LogP contribution in [0.2, 0.25) is 0 Å². The molecule has 4 rings (SSSR count). The molecule has 0 bridgehead atoms. The molecule has 0 atom stereocenters. The highest BCUT2D eigenvalue weighted by molar-refractivity contribution is 9.10. The third kappa shape index (κ3) is 4.65. The molecule has 0 fully saturated rings. The van der Waals surface area contributed by atoms with E-state index in [0.717, 1.165) is 15.6 Å². The fourth-order valence-corrected chi connectivity index (χ4v) is 3.86. The van der Waals surface area contributed by atoms with Crippen molar-refractivity contribution in [3.05, 3.63) is 93.8 Å². The van der Waals surface area contributed by atoms with Crippen LogP contribution in [0.5, 0.6) is 11.5 Å². The smallest absolute Gasteiger partial charge is 0.290 e. The lowest BCUT2D eigenvalue weighted by molar-refractivity contribution is 0.0948. The number of carbonyl (C=O) groups excluding carboxylic acids is 1. The predicted octanol–water partition coefficient (Wildman–Crippen LogP) is 4.76. The second-order valence-corrected chi connectivity index (χ2v) is 7.84. The Bertz CT molecular complexity index is 1290. The summed E-state index contributed by atoms with van der Waals surface area (Å²) in [5.74, 6) is 0.811. The van der Waals surface area contributed by atoms with Gasteiger partial charge in [0.2, 0.25) is 0 Å². The maximum absolute atomic E-state index is 12.7. The number of methoxy groups -OCH3 is 1. The van der Waals surface area contributed by atoms with Crippen LogP contribution < -0.4 is 14.9 Å². The van der Waals surface area contributed by atoms with Crippen LogP contribution >= 0.6 is 15.9 Å². The van der Waals surface area contributed by atoms with Crippen molar-refractivity contribution in [1.82, 2.24) is 14.8 Å².